The predicted molar refractivity (Wildman–Crippen MR) is 83.1 cm³/mol. The molecule has 1 aliphatic heterocycles. The Bertz CT molecular complexity index is 557. The van der Waals surface area contributed by atoms with Gasteiger partial charge in [0, 0.05) is 11.1 Å². The van der Waals surface area contributed by atoms with Gasteiger partial charge < -0.3 is 10.2 Å². The molecule has 3 atom stereocenters. The van der Waals surface area contributed by atoms with Crippen molar-refractivity contribution in [1.29, 1.82) is 0 Å². The molecule has 5 nitrogen and oxygen atoms in total. The minimum absolute atomic E-state index is 0.0298. The first-order valence-corrected chi connectivity index (χ1v) is 8.25. The van der Waals surface area contributed by atoms with E-state index in [1.54, 1.807) is 30.1 Å². The minimum atomic E-state index is -0.817. The topological polar surface area (TPSA) is 62.3 Å². The molecule has 0 spiro atoms. The third kappa shape index (κ3) is 2.69. The van der Waals surface area contributed by atoms with Gasteiger partial charge in [-0.2, -0.15) is 0 Å². The molecule has 0 aromatic carbocycles. The normalized spacial score (nSPS) is 27.7. The summed E-state index contributed by atoms with van der Waals surface area (Å²) < 4.78 is 0. The summed E-state index contributed by atoms with van der Waals surface area (Å²) in [5.41, 5.74) is -0.817. The predicted octanol–water partition coefficient (Wildman–Crippen LogP) is 2.28. The van der Waals surface area contributed by atoms with Crippen molar-refractivity contribution >= 4 is 23.2 Å². The number of carbonyl (C=O) groups is 2. The van der Waals surface area contributed by atoms with Crippen LogP contribution in [0.2, 0.25) is 0 Å². The molecule has 0 aliphatic carbocycles. The number of amides is 2. The number of hydrogen-bond acceptors (Lipinski definition) is 4. The number of thiazole rings is 1. The Hall–Kier alpha value is -1.43. The molecule has 1 aliphatic rings. The van der Waals surface area contributed by atoms with Crippen molar-refractivity contribution in [3.05, 3.63) is 16.1 Å². The fourth-order valence-electron chi connectivity index (χ4n) is 2.57. The Morgan fingerprint density at radius 2 is 2.14 bits per heavy atom. The highest BCUT2D eigenvalue weighted by atomic mass is 32.1. The molecule has 0 saturated carbocycles. The molecule has 2 amide bonds. The average molecular weight is 309 g/mol. The zero-order valence-electron chi connectivity index (χ0n) is 13.3. The molecule has 1 fully saturated rings. The highest BCUT2D eigenvalue weighted by molar-refractivity contribution is 7.11. The lowest BCUT2D eigenvalue weighted by Crippen LogP contribution is -2.68. The van der Waals surface area contributed by atoms with E-state index in [2.05, 4.69) is 17.2 Å². The Kier molecular flexibility index (Phi) is 4.37. The van der Waals surface area contributed by atoms with Gasteiger partial charge >= 0.3 is 0 Å². The van der Waals surface area contributed by atoms with Gasteiger partial charge in [0.25, 0.3) is 0 Å². The van der Waals surface area contributed by atoms with Crippen molar-refractivity contribution in [3.63, 3.8) is 0 Å². The van der Waals surface area contributed by atoms with Crippen molar-refractivity contribution in [3.8, 4) is 0 Å². The smallest absolute Gasteiger partial charge is 0.249 e. The van der Waals surface area contributed by atoms with Crippen LogP contribution >= 0.6 is 11.3 Å². The van der Waals surface area contributed by atoms with E-state index in [0.717, 1.165) is 11.4 Å². The number of piperazine rings is 1. The summed E-state index contributed by atoms with van der Waals surface area (Å²) in [7, 11) is 0. The molecular formula is C15H23N3O2S. The molecule has 3 unspecified atom stereocenters. The molecule has 1 aromatic heterocycles. The van der Waals surface area contributed by atoms with E-state index in [0.29, 0.717) is 6.42 Å². The van der Waals surface area contributed by atoms with Gasteiger partial charge in [0.15, 0.2) is 0 Å². The first-order valence-electron chi connectivity index (χ1n) is 7.43. The largest absolute Gasteiger partial charge is 0.340 e. The third-order valence-corrected chi connectivity index (χ3v) is 5.62. The summed E-state index contributed by atoms with van der Waals surface area (Å²) in [6, 6.07) is -0.657. The summed E-state index contributed by atoms with van der Waals surface area (Å²) in [5, 5.41) is 3.74. The van der Waals surface area contributed by atoms with Crippen LogP contribution in [0.3, 0.4) is 0 Å². The van der Waals surface area contributed by atoms with Gasteiger partial charge in [-0.15, -0.1) is 11.3 Å². The summed E-state index contributed by atoms with van der Waals surface area (Å²) in [4.78, 5) is 32.3. The van der Waals surface area contributed by atoms with Crippen LogP contribution in [-0.4, -0.2) is 33.3 Å². The van der Waals surface area contributed by atoms with Crippen LogP contribution in [0.15, 0.2) is 6.20 Å². The number of rotatable bonds is 4. The summed E-state index contributed by atoms with van der Waals surface area (Å²) in [5.74, 6) is -0.129. The fraction of sp³-hybridized carbons (Fsp3) is 0.667. The maximum absolute atomic E-state index is 12.8. The zero-order chi connectivity index (χ0) is 15.8. The van der Waals surface area contributed by atoms with Crippen LogP contribution < -0.4 is 5.32 Å². The average Bonchev–Trinajstić information content (AvgIpc) is 2.94. The summed E-state index contributed by atoms with van der Waals surface area (Å²) in [6.45, 7) is 9.50. The summed E-state index contributed by atoms with van der Waals surface area (Å²) in [6.07, 6.45) is 3.36. The number of carbonyl (C=O) groups excluding carboxylic acids is 2. The highest BCUT2D eigenvalue weighted by Gasteiger charge is 2.47. The van der Waals surface area contributed by atoms with Crippen molar-refractivity contribution in [1.82, 2.24) is 15.2 Å². The second-order valence-electron chi connectivity index (χ2n) is 5.76. The lowest BCUT2D eigenvalue weighted by atomic mass is 9.91. The van der Waals surface area contributed by atoms with E-state index in [-0.39, 0.29) is 17.9 Å². The van der Waals surface area contributed by atoms with Gasteiger partial charge in [-0.1, -0.05) is 13.8 Å². The Labute approximate surface area is 129 Å². The van der Waals surface area contributed by atoms with Gasteiger partial charge in [0.1, 0.15) is 16.6 Å². The molecule has 1 saturated heterocycles. The zero-order valence-corrected chi connectivity index (χ0v) is 14.1. The lowest BCUT2D eigenvalue weighted by molar-refractivity contribution is -0.156. The second kappa shape index (κ2) is 5.75. The van der Waals surface area contributed by atoms with E-state index in [1.807, 2.05) is 20.0 Å². The number of aryl methyl sites for hydroxylation is 1. The van der Waals surface area contributed by atoms with Crippen molar-refractivity contribution in [2.75, 3.05) is 0 Å². The maximum Gasteiger partial charge on any atom is 0.249 e. The number of hydrogen-bond donors (Lipinski definition) is 1. The molecule has 1 aromatic rings. The SMILES string of the molecule is CCc1cnc(C(C)N2C(=O)C(C)(CC)NC(=O)C2C)s1. The van der Waals surface area contributed by atoms with Gasteiger partial charge in [0.2, 0.25) is 11.8 Å². The number of aromatic nitrogens is 1. The highest BCUT2D eigenvalue weighted by Crippen LogP contribution is 2.32. The van der Waals surface area contributed by atoms with E-state index in [4.69, 9.17) is 0 Å². The first kappa shape index (κ1) is 15.9. The van der Waals surface area contributed by atoms with E-state index >= 15 is 0 Å². The molecule has 2 rings (SSSR count). The van der Waals surface area contributed by atoms with Crippen molar-refractivity contribution in [2.24, 2.45) is 0 Å². The van der Waals surface area contributed by atoms with Crippen LogP contribution in [0, 0.1) is 0 Å². The van der Waals surface area contributed by atoms with E-state index in [1.165, 1.54) is 4.88 Å². The van der Waals surface area contributed by atoms with E-state index in [9.17, 15) is 9.59 Å². The molecule has 1 N–H and O–H groups in total. The first-order chi connectivity index (χ1) is 9.84. The second-order valence-corrected chi connectivity index (χ2v) is 6.90. The quantitative estimate of drug-likeness (QED) is 0.928. The van der Waals surface area contributed by atoms with Crippen LogP contribution in [0.25, 0.3) is 0 Å². The van der Waals surface area contributed by atoms with Gasteiger partial charge in [-0.3, -0.25) is 9.59 Å². The number of nitrogens with zero attached hydrogens (tertiary/aromatic N) is 2. The van der Waals surface area contributed by atoms with Crippen molar-refractivity contribution < 1.29 is 9.59 Å². The minimum Gasteiger partial charge on any atom is -0.340 e. The van der Waals surface area contributed by atoms with E-state index < -0.39 is 11.6 Å². The van der Waals surface area contributed by atoms with Crippen LogP contribution in [0.1, 0.15) is 57.0 Å². The maximum atomic E-state index is 12.8. The van der Waals surface area contributed by atoms with Crippen molar-refractivity contribution in [2.45, 2.75) is 65.1 Å². The van der Waals surface area contributed by atoms with Gasteiger partial charge in [0.05, 0.1) is 6.04 Å². The van der Waals surface area contributed by atoms with Gasteiger partial charge in [-0.05, 0) is 33.6 Å². The van der Waals surface area contributed by atoms with Gasteiger partial charge in [-0.25, -0.2) is 4.98 Å². The molecule has 6 heteroatoms. The summed E-state index contributed by atoms with van der Waals surface area (Å²) >= 11 is 1.61. The molecule has 0 bridgehead atoms. The molecule has 116 valence electrons. The fourth-order valence-corrected chi connectivity index (χ4v) is 3.47. The Balaban J connectivity index is 2.34. The molecular weight excluding hydrogens is 286 g/mol. The third-order valence-electron chi connectivity index (χ3n) is 4.30. The standard InChI is InChI=1S/C15H23N3O2S/c1-6-11-8-16-13(21-11)10(4)18-9(3)12(19)17-15(5,7-2)14(18)20/h8-10H,6-7H2,1-5H3,(H,17,19). The lowest BCUT2D eigenvalue weighted by Gasteiger charge is -2.45. The van der Waals surface area contributed by atoms with Crippen LogP contribution in [0.5, 0.6) is 0 Å². The Morgan fingerprint density at radius 3 is 2.67 bits per heavy atom. The Morgan fingerprint density at radius 1 is 1.48 bits per heavy atom. The molecule has 2 heterocycles. The van der Waals surface area contributed by atoms with Crippen LogP contribution in [0.4, 0.5) is 0 Å². The van der Waals surface area contributed by atoms with Crippen LogP contribution in [-0.2, 0) is 16.0 Å². The molecule has 21 heavy (non-hydrogen) atoms. The monoisotopic (exact) mass is 309 g/mol. The number of nitrogens with one attached hydrogen (secondary N) is 1. The molecule has 0 radical (unpaired) electrons.